The predicted octanol–water partition coefficient (Wildman–Crippen LogP) is 3.74. The standard InChI is InChI=1S/C13H25NOS/c1-11-5-7-12(8-6-11)9-10-14-16(15)13(2,3)4/h10-12H,5-9H2,1-4H3. The summed E-state index contributed by atoms with van der Waals surface area (Å²) in [6.07, 6.45) is 8.23. The van der Waals surface area contributed by atoms with Crippen LogP contribution in [0, 0.1) is 11.8 Å². The maximum Gasteiger partial charge on any atom is 0.144 e. The van der Waals surface area contributed by atoms with Crippen LogP contribution in [-0.2, 0) is 11.4 Å². The minimum atomic E-state index is -1.08. The third-order valence-corrected chi connectivity index (χ3v) is 4.66. The first-order chi connectivity index (χ1) is 7.39. The topological polar surface area (TPSA) is 35.4 Å². The Morgan fingerprint density at radius 2 is 1.81 bits per heavy atom. The molecule has 0 heterocycles. The molecule has 1 unspecified atom stereocenters. The van der Waals surface area contributed by atoms with E-state index in [1.54, 1.807) is 0 Å². The van der Waals surface area contributed by atoms with E-state index in [2.05, 4.69) is 11.3 Å². The van der Waals surface area contributed by atoms with E-state index in [0.717, 1.165) is 18.3 Å². The molecule has 0 bridgehead atoms. The molecule has 16 heavy (non-hydrogen) atoms. The fraction of sp³-hybridized carbons (Fsp3) is 0.923. The quantitative estimate of drug-likeness (QED) is 0.549. The van der Waals surface area contributed by atoms with E-state index in [0.29, 0.717) is 0 Å². The molecular formula is C13H25NOS. The van der Waals surface area contributed by atoms with Gasteiger partial charge in [0.2, 0.25) is 0 Å². The lowest BCUT2D eigenvalue weighted by molar-refractivity contribution is 0.297. The lowest BCUT2D eigenvalue weighted by Crippen LogP contribution is -2.26. The number of rotatable bonds is 3. The summed E-state index contributed by atoms with van der Waals surface area (Å²) in [6, 6.07) is 0. The Morgan fingerprint density at radius 1 is 1.25 bits per heavy atom. The van der Waals surface area contributed by atoms with Crippen molar-refractivity contribution in [1.29, 1.82) is 0 Å². The van der Waals surface area contributed by atoms with Crippen LogP contribution in [0.5, 0.6) is 0 Å². The first kappa shape index (κ1) is 14.0. The highest BCUT2D eigenvalue weighted by Gasteiger charge is 2.26. The van der Waals surface area contributed by atoms with Crippen molar-refractivity contribution in [3.63, 3.8) is 0 Å². The Labute approximate surface area is 103 Å². The lowest BCUT2D eigenvalue weighted by atomic mass is 9.82. The minimum Gasteiger partial charge on any atom is -0.591 e. The van der Waals surface area contributed by atoms with Gasteiger partial charge in [0.1, 0.15) is 16.1 Å². The monoisotopic (exact) mass is 243 g/mol. The molecule has 0 aromatic heterocycles. The number of hydrogen-bond donors (Lipinski definition) is 0. The van der Waals surface area contributed by atoms with Crippen molar-refractivity contribution in [2.75, 3.05) is 0 Å². The molecule has 94 valence electrons. The molecule has 1 saturated carbocycles. The molecule has 0 aromatic carbocycles. The van der Waals surface area contributed by atoms with E-state index in [9.17, 15) is 4.55 Å². The molecule has 0 radical (unpaired) electrons. The Hall–Kier alpha value is -0.0200. The van der Waals surface area contributed by atoms with Crippen molar-refractivity contribution in [1.82, 2.24) is 0 Å². The zero-order valence-corrected chi connectivity index (χ0v) is 11.8. The van der Waals surface area contributed by atoms with Gasteiger partial charge in [0.05, 0.1) is 6.21 Å². The summed E-state index contributed by atoms with van der Waals surface area (Å²) in [5.41, 5.74) is 0. The van der Waals surface area contributed by atoms with Gasteiger partial charge in [0, 0.05) is 0 Å². The first-order valence-corrected chi connectivity index (χ1v) is 7.45. The summed E-state index contributed by atoms with van der Waals surface area (Å²) in [5.74, 6) is 1.67. The summed E-state index contributed by atoms with van der Waals surface area (Å²) in [7, 11) is 0. The molecule has 1 aliphatic rings. The van der Waals surface area contributed by atoms with Gasteiger partial charge in [0.15, 0.2) is 0 Å². The predicted molar refractivity (Wildman–Crippen MR) is 72.1 cm³/mol. The van der Waals surface area contributed by atoms with Crippen LogP contribution in [0.15, 0.2) is 4.40 Å². The summed E-state index contributed by atoms with van der Waals surface area (Å²) < 4.78 is 15.6. The second kappa shape index (κ2) is 6.06. The van der Waals surface area contributed by atoms with Gasteiger partial charge in [-0.15, -0.1) is 0 Å². The highest BCUT2D eigenvalue weighted by molar-refractivity contribution is 7.91. The van der Waals surface area contributed by atoms with Gasteiger partial charge in [-0.05, 0) is 51.9 Å². The third kappa shape index (κ3) is 4.88. The zero-order valence-electron chi connectivity index (χ0n) is 11.0. The van der Waals surface area contributed by atoms with Crippen molar-refractivity contribution in [2.45, 2.75) is 64.5 Å². The second-order valence-electron chi connectivity index (χ2n) is 6.01. The zero-order chi connectivity index (χ0) is 12.2. The van der Waals surface area contributed by atoms with E-state index in [1.165, 1.54) is 25.7 Å². The van der Waals surface area contributed by atoms with E-state index in [-0.39, 0.29) is 4.75 Å². The molecule has 1 aliphatic carbocycles. The van der Waals surface area contributed by atoms with Crippen LogP contribution in [0.4, 0.5) is 0 Å². The average Bonchev–Trinajstić information content (AvgIpc) is 2.19. The van der Waals surface area contributed by atoms with Gasteiger partial charge >= 0.3 is 0 Å². The molecule has 2 nitrogen and oxygen atoms in total. The number of hydrogen-bond acceptors (Lipinski definition) is 2. The molecule has 0 amide bonds. The second-order valence-corrected chi connectivity index (χ2v) is 7.94. The van der Waals surface area contributed by atoms with Gasteiger partial charge in [-0.2, -0.15) is 0 Å². The van der Waals surface area contributed by atoms with E-state index >= 15 is 0 Å². The normalized spacial score (nSPS) is 29.6. The van der Waals surface area contributed by atoms with Crippen molar-refractivity contribution in [2.24, 2.45) is 16.2 Å². The van der Waals surface area contributed by atoms with Crippen LogP contribution in [0.1, 0.15) is 59.8 Å². The van der Waals surface area contributed by atoms with E-state index in [4.69, 9.17) is 0 Å². The minimum absolute atomic E-state index is 0.225. The Morgan fingerprint density at radius 3 is 2.31 bits per heavy atom. The molecule has 1 atom stereocenters. The van der Waals surface area contributed by atoms with Gasteiger partial charge < -0.3 is 4.55 Å². The fourth-order valence-corrected chi connectivity index (χ4v) is 2.52. The number of nitrogens with zero attached hydrogens (tertiary/aromatic N) is 1. The summed E-state index contributed by atoms with van der Waals surface area (Å²) in [6.45, 7) is 8.22. The molecule has 0 aromatic rings. The summed E-state index contributed by atoms with van der Waals surface area (Å²) in [5, 5.41) is 0. The van der Waals surface area contributed by atoms with Crippen molar-refractivity contribution in [3.05, 3.63) is 0 Å². The SMILES string of the molecule is CC1CCC(CC=N[S+]([O-])C(C)(C)C)CC1. The fourth-order valence-electron chi connectivity index (χ4n) is 1.98. The van der Waals surface area contributed by atoms with Crippen LogP contribution in [0.2, 0.25) is 0 Å². The van der Waals surface area contributed by atoms with Gasteiger partial charge in [-0.1, -0.05) is 24.2 Å². The highest BCUT2D eigenvalue weighted by atomic mass is 32.2. The summed E-state index contributed by atoms with van der Waals surface area (Å²) in [4.78, 5) is 0. The molecule has 0 spiro atoms. The van der Waals surface area contributed by atoms with Crippen LogP contribution in [0.25, 0.3) is 0 Å². The Bertz CT molecular complexity index is 227. The van der Waals surface area contributed by atoms with Gasteiger partial charge in [-0.3, -0.25) is 0 Å². The summed E-state index contributed by atoms with van der Waals surface area (Å²) >= 11 is -1.08. The molecule has 3 heteroatoms. The Kier molecular flexibility index (Phi) is 5.32. The molecule has 1 fully saturated rings. The average molecular weight is 243 g/mol. The van der Waals surface area contributed by atoms with E-state index < -0.39 is 11.4 Å². The van der Waals surface area contributed by atoms with Crippen LogP contribution in [-0.4, -0.2) is 15.5 Å². The van der Waals surface area contributed by atoms with Crippen LogP contribution in [0.3, 0.4) is 0 Å². The molecule has 0 N–H and O–H groups in total. The lowest BCUT2D eigenvalue weighted by Gasteiger charge is -2.24. The van der Waals surface area contributed by atoms with Crippen molar-refractivity contribution < 1.29 is 4.55 Å². The maximum absolute atomic E-state index is 11.7. The van der Waals surface area contributed by atoms with E-state index in [1.807, 2.05) is 27.0 Å². The Balaban J connectivity index is 2.26. The molecule has 0 aliphatic heterocycles. The van der Waals surface area contributed by atoms with Crippen molar-refractivity contribution in [3.8, 4) is 0 Å². The molecule has 0 saturated heterocycles. The highest BCUT2D eigenvalue weighted by Crippen LogP contribution is 2.29. The molecular weight excluding hydrogens is 218 g/mol. The van der Waals surface area contributed by atoms with Crippen molar-refractivity contribution >= 4 is 17.6 Å². The molecule has 1 rings (SSSR count). The van der Waals surface area contributed by atoms with Crippen LogP contribution < -0.4 is 0 Å². The van der Waals surface area contributed by atoms with Crippen LogP contribution >= 0.6 is 0 Å². The smallest absolute Gasteiger partial charge is 0.144 e. The first-order valence-electron chi connectivity index (χ1n) is 6.34. The largest absolute Gasteiger partial charge is 0.591 e. The maximum atomic E-state index is 11.7. The van der Waals surface area contributed by atoms with Gasteiger partial charge in [0.25, 0.3) is 0 Å². The third-order valence-electron chi connectivity index (χ3n) is 3.27. The van der Waals surface area contributed by atoms with Gasteiger partial charge in [-0.25, -0.2) is 0 Å².